The Labute approximate surface area is 150 Å². The Morgan fingerprint density at radius 3 is 2.92 bits per heavy atom. The lowest BCUT2D eigenvalue weighted by Gasteiger charge is -2.38. The molecule has 3 unspecified atom stereocenters. The summed E-state index contributed by atoms with van der Waals surface area (Å²) in [7, 11) is 0. The standard InChI is InChI=1S/C20H27ClN2O/c1-14(2)24-13-17-10-20-5-3-4-19(23(20)12-17)9-15-6-16(11-22)8-18(21)7-15/h6-8,14,17,19-20H,3-5,9-10,12-13H2,1-2H3. The second kappa shape index (κ2) is 7.87. The quantitative estimate of drug-likeness (QED) is 0.791. The van der Waals surface area contributed by atoms with Gasteiger partial charge in [0.05, 0.1) is 24.3 Å². The van der Waals surface area contributed by atoms with Crippen molar-refractivity contribution in [3.63, 3.8) is 0 Å². The van der Waals surface area contributed by atoms with E-state index in [-0.39, 0.29) is 0 Å². The molecular formula is C20H27ClN2O. The van der Waals surface area contributed by atoms with Crippen molar-refractivity contribution in [1.29, 1.82) is 5.26 Å². The average Bonchev–Trinajstić information content (AvgIpc) is 2.96. The first-order valence-corrected chi connectivity index (χ1v) is 9.50. The van der Waals surface area contributed by atoms with Crippen LogP contribution in [-0.4, -0.2) is 36.2 Å². The molecule has 1 aromatic rings. The second-order valence-electron chi connectivity index (χ2n) is 7.58. The van der Waals surface area contributed by atoms with Crippen LogP contribution in [-0.2, 0) is 11.2 Å². The highest BCUT2D eigenvalue weighted by Crippen LogP contribution is 2.35. The van der Waals surface area contributed by atoms with Crippen molar-refractivity contribution in [3.8, 4) is 6.07 Å². The fourth-order valence-electron chi connectivity index (χ4n) is 4.30. The fourth-order valence-corrected chi connectivity index (χ4v) is 4.56. The molecule has 0 bridgehead atoms. The Hall–Kier alpha value is -1.08. The van der Waals surface area contributed by atoms with Crippen LogP contribution in [0.2, 0.25) is 5.02 Å². The maximum atomic E-state index is 9.15. The van der Waals surface area contributed by atoms with Crippen molar-refractivity contribution in [2.75, 3.05) is 13.2 Å². The van der Waals surface area contributed by atoms with Crippen molar-refractivity contribution >= 4 is 11.6 Å². The Balaban J connectivity index is 1.66. The number of piperidine rings is 1. The number of halogens is 1. The smallest absolute Gasteiger partial charge is 0.0992 e. The summed E-state index contributed by atoms with van der Waals surface area (Å²) < 4.78 is 5.85. The molecule has 2 heterocycles. The van der Waals surface area contributed by atoms with Gasteiger partial charge < -0.3 is 4.74 Å². The number of nitrogens with zero attached hydrogens (tertiary/aromatic N) is 2. The normalized spacial score (nSPS) is 27.2. The number of fused-ring (bicyclic) bond motifs is 1. The van der Waals surface area contributed by atoms with E-state index >= 15 is 0 Å². The number of nitriles is 1. The molecule has 2 aliphatic heterocycles. The van der Waals surface area contributed by atoms with Gasteiger partial charge in [0.15, 0.2) is 0 Å². The van der Waals surface area contributed by atoms with Crippen molar-refractivity contribution in [2.45, 2.75) is 64.1 Å². The van der Waals surface area contributed by atoms with Crippen LogP contribution in [0.4, 0.5) is 0 Å². The summed E-state index contributed by atoms with van der Waals surface area (Å²) >= 11 is 6.17. The third-order valence-electron chi connectivity index (χ3n) is 5.31. The van der Waals surface area contributed by atoms with Crippen molar-refractivity contribution in [3.05, 3.63) is 34.3 Å². The molecule has 0 aliphatic carbocycles. The van der Waals surface area contributed by atoms with Gasteiger partial charge in [-0.2, -0.15) is 5.26 Å². The average molecular weight is 347 g/mol. The molecule has 2 fully saturated rings. The number of hydrogen-bond donors (Lipinski definition) is 0. The third kappa shape index (κ3) is 4.30. The lowest BCUT2D eigenvalue weighted by atomic mass is 9.91. The monoisotopic (exact) mass is 346 g/mol. The molecule has 0 radical (unpaired) electrons. The van der Waals surface area contributed by atoms with Gasteiger partial charge in [-0.1, -0.05) is 18.0 Å². The van der Waals surface area contributed by atoms with Gasteiger partial charge in [-0.05, 0) is 69.2 Å². The Morgan fingerprint density at radius 1 is 1.33 bits per heavy atom. The minimum absolute atomic E-state index is 0.314. The minimum atomic E-state index is 0.314. The van der Waals surface area contributed by atoms with Crippen LogP contribution in [0.25, 0.3) is 0 Å². The minimum Gasteiger partial charge on any atom is -0.378 e. The van der Waals surface area contributed by atoms with Gasteiger partial charge >= 0.3 is 0 Å². The van der Waals surface area contributed by atoms with E-state index in [1.165, 1.54) is 31.2 Å². The molecule has 2 saturated heterocycles. The first-order valence-electron chi connectivity index (χ1n) is 9.12. The largest absolute Gasteiger partial charge is 0.378 e. The molecule has 0 spiro atoms. The Morgan fingerprint density at radius 2 is 2.17 bits per heavy atom. The summed E-state index contributed by atoms with van der Waals surface area (Å²) in [6.07, 6.45) is 6.42. The molecule has 3 atom stereocenters. The summed E-state index contributed by atoms with van der Waals surface area (Å²) in [6, 6.07) is 9.23. The highest BCUT2D eigenvalue weighted by molar-refractivity contribution is 6.30. The van der Waals surface area contributed by atoms with Gasteiger partial charge in [0.1, 0.15) is 0 Å². The molecular weight excluding hydrogens is 320 g/mol. The molecule has 0 aromatic heterocycles. The van der Waals surface area contributed by atoms with Crippen molar-refractivity contribution in [2.24, 2.45) is 5.92 Å². The van der Waals surface area contributed by atoms with Crippen LogP contribution in [0.5, 0.6) is 0 Å². The summed E-state index contributed by atoms with van der Waals surface area (Å²) in [5.74, 6) is 0.659. The van der Waals surface area contributed by atoms with E-state index in [4.69, 9.17) is 21.6 Å². The van der Waals surface area contributed by atoms with E-state index in [0.29, 0.717) is 34.7 Å². The molecule has 0 amide bonds. The highest BCUT2D eigenvalue weighted by Gasteiger charge is 2.38. The molecule has 2 aliphatic rings. The number of hydrogen-bond acceptors (Lipinski definition) is 3. The summed E-state index contributed by atoms with van der Waals surface area (Å²) in [5, 5.41) is 9.82. The number of benzene rings is 1. The lowest BCUT2D eigenvalue weighted by Crippen LogP contribution is -2.44. The van der Waals surface area contributed by atoms with Crippen LogP contribution in [0, 0.1) is 17.2 Å². The lowest BCUT2D eigenvalue weighted by molar-refractivity contribution is 0.0509. The van der Waals surface area contributed by atoms with E-state index in [9.17, 15) is 0 Å². The van der Waals surface area contributed by atoms with Gasteiger partial charge in [0.2, 0.25) is 0 Å². The molecule has 24 heavy (non-hydrogen) atoms. The molecule has 4 heteroatoms. The van der Waals surface area contributed by atoms with Crippen molar-refractivity contribution in [1.82, 2.24) is 4.90 Å². The summed E-state index contributed by atoms with van der Waals surface area (Å²) in [4.78, 5) is 2.70. The van der Waals surface area contributed by atoms with Crippen molar-refractivity contribution < 1.29 is 4.74 Å². The number of rotatable bonds is 5. The maximum absolute atomic E-state index is 9.15. The first-order chi connectivity index (χ1) is 11.5. The van der Waals surface area contributed by atoms with E-state index in [2.05, 4.69) is 24.8 Å². The zero-order chi connectivity index (χ0) is 17.1. The fraction of sp³-hybridized carbons (Fsp3) is 0.650. The van der Waals surface area contributed by atoms with E-state index < -0.39 is 0 Å². The highest BCUT2D eigenvalue weighted by atomic mass is 35.5. The zero-order valence-corrected chi connectivity index (χ0v) is 15.4. The topological polar surface area (TPSA) is 36.3 Å². The third-order valence-corrected chi connectivity index (χ3v) is 5.53. The maximum Gasteiger partial charge on any atom is 0.0992 e. The second-order valence-corrected chi connectivity index (χ2v) is 8.02. The van der Waals surface area contributed by atoms with Crippen LogP contribution in [0.15, 0.2) is 18.2 Å². The molecule has 130 valence electrons. The van der Waals surface area contributed by atoms with Gasteiger partial charge in [0, 0.05) is 23.7 Å². The van der Waals surface area contributed by atoms with E-state index in [1.54, 1.807) is 6.07 Å². The summed E-state index contributed by atoms with van der Waals surface area (Å²) in [6.45, 7) is 6.24. The van der Waals surface area contributed by atoms with Gasteiger partial charge in [-0.25, -0.2) is 0 Å². The van der Waals surface area contributed by atoms with Crippen LogP contribution >= 0.6 is 11.6 Å². The predicted octanol–water partition coefficient (Wildman–Crippen LogP) is 4.42. The van der Waals surface area contributed by atoms with E-state index in [1.807, 2.05) is 12.1 Å². The molecule has 0 saturated carbocycles. The van der Waals surface area contributed by atoms with Gasteiger partial charge in [-0.3, -0.25) is 4.90 Å². The molecule has 3 rings (SSSR count). The summed E-state index contributed by atoms with van der Waals surface area (Å²) in [5.41, 5.74) is 1.85. The Bertz CT molecular complexity index is 610. The molecule has 3 nitrogen and oxygen atoms in total. The first kappa shape index (κ1) is 17.7. The Kier molecular flexibility index (Phi) is 5.81. The zero-order valence-electron chi connectivity index (χ0n) is 14.7. The molecule has 0 N–H and O–H groups in total. The van der Waals surface area contributed by atoms with Crippen LogP contribution in [0.1, 0.15) is 50.7 Å². The van der Waals surface area contributed by atoms with E-state index in [0.717, 1.165) is 19.6 Å². The SMILES string of the molecule is CC(C)OCC1CC2CCCC(Cc3cc(Cl)cc(C#N)c3)N2C1. The number of ether oxygens (including phenoxy) is 1. The van der Waals surface area contributed by atoms with Crippen LogP contribution < -0.4 is 0 Å². The van der Waals surface area contributed by atoms with Gasteiger partial charge in [-0.15, -0.1) is 0 Å². The predicted molar refractivity (Wildman–Crippen MR) is 97.2 cm³/mol. The van der Waals surface area contributed by atoms with Crippen LogP contribution in [0.3, 0.4) is 0 Å². The van der Waals surface area contributed by atoms with Gasteiger partial charge in [0.25, 0.3) is 0 Å². The molecule has 1 aromatic carbocycles.